The number of hydrogen-bond donors (Lipinski definition) is 4. The Morgan fingerprint density at radius 2 is 1.86 bits per heavy atom. The van der Waals surface area contributed by atoms with Gasteiger partial charge in [-0.15, -0.1) is 0 Å². The van der Waals surface area contributed by atoms with Gasteiger partial charge >= 0.3 is 6.09 Å². The number of nitrogens with two attached hydrogens (primary N) is 2. The van der Waals surface area contributed by atoms with Crippen LogP contribution in [0.2, 0.25) is 0 Å². The minimum atomic E-state index is -0.514. The van der Waals surface area contributed by atoms with Crippen molar-refractivity contribution in [2.24, 2.45) is 23.3 Å². The lowest BCUT2D eigenvalue weighted by Crippen LogP contribution is -2.52. The van der Waals surface area contributed by atoms with Gasteiger partial charge in [-0.1, -0.05) is 6.07 Å². The smallest absolute Gasteiger partial charge is 0.414 e. The van der Waals surface area contributed by atoms with E-state index >= 15 is 0 Å². The number of carbonyl (C=O) groups is 2. The molecule has 35 heavy (non-hydrogen) atoms. The molecule has 1 aliphatic heterocycles. The Labute approximate surface area is 209 Å². The van der Waals surface area contributed by atoms with Crippen molar-refractivity contribution >= 4 is 23.4 Å². The summed E-state index contributed by atoms with van der Waals surface area (Å²) in [4.78, 5) is 29.6. The van der Waals surface area contributed by atoms with Crippen LogP contribution in [0.25, 0.3) is 0 Å². The van der Waals surface area contributed by atoms with Crippen molar-refractivity contribution in [2.45, 2.75) is 77.7 Å². The number of ether oxygens (including phenoxy) is 1. The number of amides is 2. The van der Waals surface area contributed by atoms with Gasteiger partial charge in [-0.25, -0.2) is 4.79 Å². The summed E-state index contributed by atoms with van der Waals surface area (Å²) in [5.74, 6) is 0.118. The van der Waals surface area contributed by atoms with Crippen LogP contribution in [-0.4, -0.2) is 67.6 Å². The summed E-state index contributed by atoms with van der Waals surface area (Å²) in [6, 6.07) is 5.60. The first-order valence-electron chi connectivity index (χ1n) is 12.8. The number of benzene rings is 1. The van der Waals surface area contributed by atoms with E-state index in [1.807, 2.05) is 50.8 Å². The zero-order chi connectivity index (χ0) is 25.9. The molecule has 1 heterocycles. The van der Waals surface area contributed by atoms with Gasteiger partial charge in [0.15, 0.2) is 0 Å². The maximum absolute atomic E-state index is 13.1. The fourth-order valence-electron chi connectivity index (χ4n) is 4.75. The molecule has 0 radical (unpaired) electrons. The molecule has 1 aliphatic carbocycles. The highest BCUT2D eigenvalue weighted by molar-refractivity contribution is 6.04. The van der Waals surface area contributed by atoms with Crippen molar-refractivity contribution in [3.05, 3.63) is 23.8 Å². The maximum atomic E-state index is 13.1. The van der Waals surface area contributed by atoms with Crippen LogP contribution in [0.5, 0.6) is 0 Å². The van der Waals surface area contributed by atoms with Crippen LogP contribution in [0.15, 0.2) is 18.2 Å². The molecule has 6 N–H and O–H groups in total. The highest BCUT2D eigenvalue weighted by Crippen LogP contribution is 2.41. The van der Waals surface area contributed by atoms with E-state index in [0.717, 1.165) is 24.1 Å². The standard InChI is InChI=1S/C26H43N5O4/c1-15(2)35-26(34)30-14-16(3)31(25(33)19-6-7-19)23-9-8-20(10-24(23)30)21(11-27)12-29-13-22(17(4)28)18(5)32/h8-10,15-19,21-22,29,32H,6-7,11-14,27-28H2,1-5H3/t16-,17?,18?,21?,22?/m0/s1. The fraction of sp³-hybridized carbons (Fsp3) is 0.692. The summed E-state index contributed by atoms with van der Waals surface area (Å²) in [7, 11) is 0. The zero-order valence-corrected chi connectivity index (χ0v) is 21.7. The van der Waals surface area contributed by atoms with Crippen LogP contribution < -0.4 is 26.6 Å². The summed E-state index contributed by atoms with van der Waals surface area (Å²) in [5, 5.41) is 13.4. The molecule has 2 aliphatic rings. The normalized spacial score (nSPS) is 21.3. The number of aliphatic hydroxyl groups is 1. The van der Waals surface area contributed by atoms with E-state index in [0.29, 0.717) is 31.9 Å². The quantitative estimate of drug-likeness (QED) is 0.396. The van der Waals surface area contributed by atoms with Gasteiger partial charge in [-0.3, -0.25) is 9.69 Å². The first-order chi connectivity index (χ1) is 16.5. The molecule has 0 saturated heterocycles. The minimum Gasteiger partial charge on any atom is -0.446 e. The number of anilines is 2. The van der Waals surface area contributed by atoms with E-state index in [4.69, 9.17) is 16.2 Å². The molecule has 1 fully saturated rings. The van der Waals surface area contributed by atoms with Crippen LogP contribution in [0, 0.1) is 11.8 Å². The van der Waals surface area contributed by atoms with E-state index in [9.17, 15) is 14.7 Å². The number of aliphatic hydroxyl groups excluding tert-OH is 1. The predicted octanol–water partition coefficient (Wildman–Crippen LogP) is 2.16. The topological polar surface area (TPSA) is 134 Å². The lowest BCUT2D eigenvalue weighted by atomic mass is 9.94. The lowest BCUT2D eigenvalue weighted by molar-refractivity contribution is -0.120. The van der Waals surface area contributed by atoms with Crippen molar-refractivity contribution in [3.8, 4) is 0 Å². The number of rotatable bonds is 10. The van der Waals surface area contributed by atoms with Crippen LogP contribution in [-0.2, 0) is 9.53 Å². The van der Waals surface area contributed by atoms with Gasteiger partial charge < -0.3 is 31.5 Å². The molecule has 0 spiro atoms. The predicted molar refractivity (Wildman–Crippen MR) is 139 cm³/mol. The fourth-order valence-corrected chi connectivity index (χ4v) is 4.75. The average molecular weight is 490 g/mol. The molecule has 9 heteroatoms. The Hall–Kier alpha value is -2.20. The highest BCUT2D eigenvalue weighted by atomic mass is 16.6. The second-order valence-corrected chi connectivity index (χ2v) is 10.5. The largest absolute Gasteiger partial charge is 0.446 e. The summed E-state index contributed by atoms with van der Waals surface area (Å²) >= 11 is 0. The van der Waals surface area contributed by atoms with Crippen molar-refractivity contribution in [1.82, 2.24) is 5.32 Å². The lowest BCUT2D eigenvalue weighted by Gasteiger charge is -2.41. The first kappa shape index (κ1) is 27.4. The van der Waals surface area contributed by atoms with Crippen LogP contribution >= 0.6 is 0 Å². The van der Waals surface area contributed by atoms with Gasteiger partial charge in [0.25, 0.3) is 0 Å². The molecule has 196 valence electrons. The summed E-state index contributed by atoms with van der Waals surface area (Å²) < 4.78 is 5.52. The van der Waals surface area contributed by atoms with Gasteiger partial charge in [0.1, 0.15) is 0 Å². The Morgan fingerprint density at radius 3 is 2.40 bits per heavy atom. The third kappa shape index (κ3) is 6.52. The Bertz CT molecular complexity index is 878. The van der Waals surface area contributed by atoms with E-state index in [2.05, 4.69) is 5.32 Å². The zero-order valence-electron chi connectivity index (χ0n) is 21.7. The van der Waals surface area contributed by atoms with Crippen molar-refractivity contribution in [1.29, 1.82) is 0 Å². The number of hydrogen-bond acceptors (Lipinski definition) is 7. The molecule has 5 atom stereocenters. The van der Waals surface area contributed by atoms with Gasteiger partial charge in [0, 0.05) is 50.0 Å². The van der Waals surface area contributed by atoms with Crippen molar-refractivity contribution in [3.63, 3.8) is 0 Å². The number of fused-ring (bicyclic) bond motifs is 1. The molecular formula is C26H43N5O4. The van der Waals surface area contributed by atoms with Crippen LogP contribution in [0.3, 0.4) is 0 Å². The Balaban J connectivity index is 1.87. The van der Waals surface area contributed by atoms with Crippen molar-refractivity contribution in [2.75, 3.05) is 36.0 Å². The van der Waals surface area contributed by atoms with Gasteiger partial charge in [0.2, 0.25) is 5.91 Å². The number of carbonyl (C=O) groups excluding carboxylic acids is 2. The second kappa shape index (κ2) is 11.7. The first-order valence-corrected chi connectivity index (χ1v) is 12.8. The third-order valence-electron chi connectivity index (χ3n) is 6.98. The summed E-state index contributed by atoms with van der Waals surface area (Å²) in [5.41, 5.74) is 14.5. The number of nitrogens with zero attached hydrogens (tertiary/aromatic N) is 2. The van der Waals surface area contributed by atoms with Gasteiger partial charge in [0.05, 0.1) is 29.6 Å². The average Bonchev–Trinajstić information content (AvgIpc) is 3.62. The minimum absolute atomic E-state index is 0.0158. The summed E-state index contributed by atoms with van der Waals surface area (Å²) in [6.07, 6.45) is 0.667. The SMILES string of the molecule is CC(C)OC(=O)N1C[C@H](C)N(C(=O)C2CC2)c2ccc(C(CN)CNCC(C(C)N)C(C)O)cc21. The van der Waals surface area contributed by atoms with E-state index in [1.165, 1.54) is 0 Å². The molecule has 0 aromatic heterocycles. The highest BCUT2D eigenvalue weighted by Gasteiger charge is 2.41. The molecule has 1 aromatic rings. The summed E-state index contributed by atoms with van der Waals surface area (Å²) in [6.45, 7) is 11.2. The van der Waals surface area contributed by atoms with Gasteiger partial charge in [-0.05, 0) is 65.2 Å². The van der Waals surface area contributed by atoms with Gasteiger partial charge in [-0.2, -0.15) is 0 Å². The molecule has 2 amide bonds. The molecular weight excluding hydrogens is 446 g/mol. The maximum Gasteiger partial charge on any atom is 0.414 e. The van der Waals surface area contributed by atoms with Crippen molar-refractivity contribution < 1.29 is 19.4 Å². The molecule has 1 aromatic carbocycles. The Kier molecular flexibility index (Phi) is 9.15. The monoisotopic (exact) mass is 489 g/mol. The molecule has 1 saturated carbocycles. The molecule has 0 bridgehead atoms. The molecule has 9 nitrogen and oxygen atoms in total. The van der Waals surface area contributed by atoms with E-state index in [-0.39, 0.29) is 41.8 Å². The second-order valence-electron chi connectivity index (χ2n) is 10.5. The van der Waals surface area contributed by atoms with Crippen LogP contribution in [0.4, 0.5) is 16.2 Å². The Morgan fingerprint density at radius 1 is 1.17 bits per heavy atom. The van der Waals surface area contributed by atoms with Crippen LogP contribution in [0.1, 0.15) is 58.9 Å². The van der Waals surface area contributed by atoms with E-state index < -0.39 is 12.2 Å². The number of nitrogens with one attached hydrogen (secondary N) is 1. The third-order valence-corrected chi connectivity index (χ3v) is 6.98. The van der Waals surface area contributed by atoms with E-state index in [1.54, 1.807) is 11.8 Å². The molecule has 3 rings (SSSR count). The molecule has 4 unspecified atom stereocenters.